The van der Waals surface area contributed by atoms with Gasteiger partial charge in [-0.3, -0.25) is 0 Å². The molecule has 0 amide bonds. The molecule has 0 fully saturated rings. The maximum atomic E-state index is 9.39. The number of rotatable bonds is 2. The molecule has 0 atom stereocenters. The van der Waals surface area contributed by atoms with E-state index in [4.69, 9.17) is 4.74 Å². The van der Waals surface area contributed by atoms with E-state index in [9.17, 15) is 5.11 Å². The Morgan fingerprint density at radius 2 is 2.20 bits per heavy atom. The number of ether oxygens (including phenoxy) is 1. The van der Waals surface area contributed by atoms with Crippen LogP contribution in [0.4, 0.5) is 0 Å². The second-order valence-corrected chi connectivity index (χ2v) is 4.79. The van der Waals surface area contributed by atoms with Crippen LogP contribution < -0.4 is 4.74 Å². The van der Waals surface area contributed by atoms with E-state index >= 15 is 0 Å². The fourth-order valence-electron chi connectivity index (χ4n) is 2.01. The van der Waals surface area contributed by atoms with E-state index in [0.29, 0.717) is 0 Å². The van der Waals surface area contributed by atoms with Crippen LogP contribution in [0.1, 0.15) is 31.4 Å². The van der Waals surface area contributed by atoms with Crippen LogP contribution in [0.2, 0.25) is 0 Å². The Bertz CT molecular complexity index is 356. The lowest BCUT2D eigenvalue weighted by Crippen LogP contribution is -2.24. The summed E-state index contributed by atoms with van der Waals surface area (Å²) < 4.78 is 5.73. The summed E-state index contributed by atoms with van der Waals surface area (Å²) in [5.41, 5.74) is 2.19. The summed E-state index contributed by atoms with van der Waals surface area (Å²) in [4.78, 5) is 0. The van der Waals surface area contributed by atoms with Crippen molar-refractivity contribution in [2.45, 2.75) is 32.1 Å². The topological polar surface area (TPSA) is 29.5 Å². The average molecular weight is 206 g/mol. The van der Waals surface area contributed by atoms with E-state index in [1.54, 1.807) is 0 Å². The number of fused-ring (bicyclic) bond motifs is 1. The van der Waals surface area contributed by atoms with Crippen LogP contribution in [-0.4, -0.2) is 18.3 Å². The Balaban J connectivity index is 2.48. The number of para-hydroxylation sites is 1. The molecule has 1 aliphatic heterocycles. The fourth-order valence-corrected chi connectivity index (χ4v) is 2.01. The summed E-state index contributed by atoms with van der Waals surface area (Å²) in [6.45, 7) is 5.03. The summed E-state index contributed by atoms with van der Waals surface area (Å²) in [6.07, 6.45) is 2.18. The Morgan fingerprint density at radius 3 is 2.93 bits per heavy atom. The Kier molecular flexibility index (Phi) is 2.70. The summed E-state index contributed by atoms with van der Waals surface area (Å²) in [5.74, 6) is 1.00. The standard InChI is InChI=1S/C13H18O2/c1-13(2,9-14)11-7-3-5-10-6-4-8-15-12(10)11/h3,5,7,14H,4,6,8-9H2,1-2H3. The highest BCUT2D eigenvalue weighted by atomic mass is 16.5. The summed E-state index contributed by atoms with van der Waals surface area (Å²) in [6, 6.07) is 6.23. The predicted molar refractivity (Wildman–Crippen MR) is 60.4 cm³/mol. The molecule has 1 aliphatic rings. The zero-order chi connectivity index (χ0) is 10.9. The van der Waals surface area contributed by atoms with Crippen molar-refractivity contribution in [3.63, 3.8) is 0 Å². The van der Waals surface area contributed by atoms with Gasteiger partial charge in [0.25, 0.3) is 0 Å². The normalized spacial score (nSPS) is 15.7. The highest BCUT2D eigenvalue weighted by molar-refractivity contribution is 5.46. The lowest BCUT2D eigenvalue weighted by molar-refractivity contribution is 0.209. The van der Waals surface area contributed by atoms with Crippen LogP contribution in [0.3, 0.4) is 0 Å². The largest absolute Gasteiger partial charge is 0.493 e. The lowest BCUT2D eigenvalue weighted by Gasteiger charge is -2.28. The zero-order valence-corrected chi connectivity index (χ0v) is 9.42. The number of benzene rings is 1. The molecule has 1 N–H and O–H groups in total. The number of hydrogen-bond donors (Lipinski definition) is 1. The molecule has 2 rings (SSSR count). The van der Waals surface area contributed by atoms with E-state index in [2.05, 4.69) is 18.2 Å². The maximum absolute atomic E-state index is 9.39. The van der Waals surface area contributed by atoms with E-state index in [1.165, 1.54) is 5.56 Å². The number of aryl methyl sites for hydroxylation is 1. The summed E-state index contributed by atoms with van der Waals surface area (Å²) >= 11 is 0. The fraction of sp³-hybridized carbons (Fsp3) is 0.538. The summed E-state index contributed by atoms with van der Waals surface area (Å²) in [5, 5.41) is 9.39. The van der Waals surface area contributed by atoms with Gasteiger partial charge in [-0.15, -0.1) is 0 Å². The van der Waals surface area contributed by atoms with E-state index in [0.717, 1.165) is 30.8 Å². The highest BCUT2D eigenvalue weighted by Gasteiger charge is 2.26. The molecule has 0 aliphatic carbocycles. The third-order valence-electron chi connectivity index (χ3n) is 3.06. The first kappa shape index (κ1) is 10.5. The molecular weight excluding hydrogens is 188 g/mol. The van der Waals surface area contributed by atoms with Gasteiger partial charge in [-0.2, -0.15) is 0 Å². The molecule has 0 aromatic heterocycles. The van der Waals surface area contributed by atoms with Crippen molar-refractivity contribution in [1.29, 1.82) is 0 Å². The van der Waals surface area contributed by atoms with Crippen LogP contribution in [0.15, 0.2) is 18.2 Å². The molecule has 0 saturated heterocycles. The van der Waals surface area contributed by atoms with E-state index < -0.39 is 0 Å². The van der Waals surface area contributed by atoms with Crippen molar-refractivity contribution in [2.75, 3.05) is 13.2 Å². The van der Waals surface area contributed by atoms with Crippen molar-refractivity contribution >= 4 is 0 Å². The molecule has 0 bridgehead atoms. The minimum atomic E-state index is -0.220. The van der Waals surface area contributed by atoms with Gasteiger partial charge in [0, 0.05) is 11.0 Å². The third kappa shape index (κ3) is 1.86. The van der Waals surface area contributed by atoms with Gasteiger partial charge in [0.1, 0.15) is 5.75 Å². The molecule has 1 heterocycles. The third-order valence-corrected chi connectivity index (χ3v) is 3.06. The molecule has 1 aromatic carbocycles. The Hall–Kier alpha value is -1.02. The van der Waals surface area contributed by atoms with Crippen molar-refractivity contribution < 1.29 is 9.84 Å². The molecule has 15 heavy (non-hydrogen) atoms. The first-order valence-electron chi connectivity index (χ1n) is 5.51. The van der Waals surface area contributed by atoms with Crippen LogP contribution in [0, 0.1) is 0 Å². The van der Waals surface area contributed by atoms with Crippen molar-refractivity contribution in [2.24, 2.45) is 0 Å². The van der Waals surface area contributed by atoms with Gasteiger partial charge in [-0.05, 0) is 18.4 Å². The maximum Gasteiger partial charge on any atom is 0.126 e. The molecular formula is C13H18O2. The van der Waals surface area contributed by atoms with Crippen molar-refractivity contribution in [3.05, 3.63) is 29.3 Å². The van der Waals surface area contributed by atoms with Gasteiger partial charge in [0.15, 0.2) is 0 Å². The van der Waals surface area contributed by atoms with Crippen LogP contribution in [0.25, 0.3) is 0 Å². The monoisotopic (exact) mass is 206 g/mol. The zero-order valence-electron chi connectivity index (χ0n) is 9.42. The molecule has 0 unspecified atom stereocenters. The molecule has 2 heteroatoms. The van der Waals surface area contributed by atoms with Crippen LogP contribution >= 0.6 is 0 Å². The van der Waals surface area contributed by atoms with E-state index in [-0.39, 0.29) is 12.0 Å². The second-order valence-electron chi connectivity index (χ2n) is 4.79. The minimum Gasteiger partial charge on any atom is -0.493 e. The molecule has 1 aromatic rings. The quantitative estimate of drug-likeness (QED) is 0.804. The molecule has 0 radical (unpaired) electrons. The van der Waals surface area contributed by atoms with Crippen LogP contribution in [0.5, 0.6) is 5.75 Å². The number of aliphatic hydroxyl groups is 1. The summed E-state index contributed by atoms with van der Waals surface area (Å²) in [7, 11) is 0. The Labute approximate surface area is 90.9 Å². The van der Waals surface area contributed by atoms with Gasteiger partial charge < -0.3 is 9.84 Å². The van der Waals surface area contributed by atoms with E-state index in [1.807, 2.05) is 13.8 Å². The smallest absolute Gasteiger partial charge is 0.126 e. The first-order valence-corrected chi connectivity index (χ1v) is 5.51. The van der Waals surface area contributed by atoms with Gasteiger partial charge in [-0.1, -0.05) is 32.0 Å². The Morgan fingerprint density at radius 1 is 1.40 bits per heavy atom. The van der Waals surface area contributed by atoms with Gasteiger partial charge in [-0.25, -0.2) is 0 Å². The molecule has 0 spiro atoms. The lowest BCUT2D eigenvalue weighted by atomic mass is 9.83. The SMILES string of the molecule is CC(C)(CO)c1cccc2c1OCCC2. The highest BCUT2D eigenvalue weighted by Crippen LogP contribution is 2.36. The molecule has 82 valence electrons. The first-order chi connectivity index (χ1) is 7.15. The molecule has 2 nitrogen and oxygen atoms in total. The van der Waals surface area contributed by atoms with Crippen molar-refractivity contribution in [3.8, 4) is 5.75 Å². The predicted octanol–water partition coefficient (Wildman–Crippen LogP) is 2.28. The number of aliphatic hydroxyl groups excluding tert-OH is 1. The van der Waals surface area contributed by atoms with Crippen LogP contribution in [-0.2, 0) is 11.8 Å². The molecule has 0 saturated carbocycles. The van der Waals surface area contributed by atoms with Gasteiger partial charge in [0.2, 0.25) is 0 Å². The second kappa shape index (κ2) is 3.86. The van der Waals surface area contributed by atoms with Crippen molar-refractivity contribution in [1.82, 2.24) is 0 Å². The van der Waals surface area contributed by atoms with Gasteiger partial charge in [0.05, 0.1) is 13.2 Å². The van der Waals surface area contributed by atoms with Gasteiger partial charge >= 0.3 is 0 Å². The number of hydrogen-bond acceptors (Lipinski definition) is 2. The minimum absolute atomic E-state index is 0.146. The average Bonchev–Trinajstić information content (AvgIpc) is 2.28.